The highest BCUT2D eigenvalue weighted by Gasteiger charge is 2.16. The summed E-state index contributed by atoms with van der Waals surface area (Å²) >= 11 is 4.86. The molecule has 0 aliphatic rings. The smallest absolute Gasteiger partial charge is 0.225 e. The Bertz CT molecular complexity index is 947. The summed E-state index contributed by atoms with van der Waals surface area (Å²) in [5, 5.41) is 5.15. The van der Waals surface area contributed by atoms with E-state index in [1.54, 1.807) is 12.1 Å². The fourth-order valence-electron chi connectivity index (χ4n) is 2.33. The van der Waals surface area contributed by atoms with Gasteiger partial charge in [-0.15, -0.1) is 0 Å². The van der Waals surface area contributed by atoms with Gasteiger partial charge in [0, 0.05) is 20.5 Å². The molecule has 0 atom stereocenters. The number of sulfonamides is 1. The second kappa shape index (κ2) is 6.16. The molecule has 3 rings (SSSR count). The largest absolute Gasteiger partial charge is 0.238 e. The van der Waals surface area contributed by atoms with Crippen LogP contribution in [-0.4, -0.2) is 12.8 Å². The standard InChI is InChI=1S/C16H13BrN2O2S2/c1-10-15(11-4-8-14(9-5-11)23(18,20)21)16(19-22-10)12-2-6-13(17)7-3-12/h2-9H,1H3,(H2,18,20,21). The van der Waals surface area contributed by atoms with Crippen LogP contribution < -0.4 is 5.14 Å². The fraction of sp³-hybridized carbons (Fsp3) is 0.0625. The van der Waals surface area contributed by atoms with Gasteiger partial charge in [-0.1, -0.05) is 40.2 Å². The molecule has 0 fully saturated rings. The van der Waals surface area contributed by atoms with Crippen LogP contribution in [0.1, 0.15) is 4.88 Å². The number of hydrogen-bond donors (Lipinski definition) is 1. The van der Waals surface area contributed by atoms with Gasteiger partial charge in [-0.05, 0) is 48.3 Å². The van der Waals surface area contributed by atoms with E-state index in [4.69, 9.17) is 5.14 Å². The molecule has 2 aromatic carbocycles. The third-order valence-corrected chi connectivity index (χ3v) is 5.66. The van der Waals surface area contributed by atoms with Crippen molar-refractivity contribution >= 4 is 37.5 Å². The van der Waals surface area contributed by atoms with E-state index in [0.717, 1.165) is 31.7 Å². The summed E-state index contributed by atoms with van der Waals surface area (Å²) in [7, 11) is -3.68. The number of rotatable bonds is 3. The minimum absolute atomic E-state index is 0.104. The van der Waals surface area contributed by atoms with Crippen molar-refractivity contribution in [3.8, 4) is 22.4 Å². The van der Waals surface area contributed by atoms with Crippen LogP contribution in [0.2, 0.25) is 0 Å². The Hall–Kier alpha value is -1.54. The summed E-state index contributed by atoms with van der Waals surface area (Å²) in [6, 6.07) is 14.5. The molecule has 0 aliphatic carbocycles. The molecule has 1 aromatic heterocycles. The van der Waals surface area contributed by atoms with E-state index >= 15 is 0 Å². The Labute approximate surface area is 147 Å². The van der Waals surface area contributed by atoms with Crippen molar-refractivity contribution in [2.45, 2.75) is 11.8 Å². The van der Waals surface area contributed by atoms with E-state index in [1.165, 1.54) is 23.7 Å². The van der Waals surface area contributed by atoms with E-state index in [-0.39, 0.29) is 4.90 Å². The number of aryl methyl sites for hydroxylation is 1. The maximum Gasteiger partial charge on any atom is 0.238 e. The molecule has 23 heavy (non-hydrogen) atoms. The number of primary sulfonamides is 1. The quantitative estimate of drug-likeness (QED) is 0.705. The topological polar surface area (TPSA) is 73.0 Å². The zero-order valence-electron chi connectivity index (χ0n) is 12.2. The predicted molar refractivity (Wildman–Crippen MR) is 96.8 cm³/mol. The summed E-state index contributed by atoms with van der Waals surface area (Å²) < 4.78 is 28.3. The summed E-state index contributed by atoms with van der Waals surface area (Å²) in [5.74, 6) is 0. The molecule has 0 saturated carbocycles. The van der Waals surface area contributed by atoms with Crippen LogP contribution in [0.15, 0.2) is 57.9 Å². The number of hydrogen-bond acceptors (Lipinski definition) is 4. The molecule has 3 aromatic rings. The minimum atomic E-state index is -3.68. The van der Waals surface area contributed by atoms with Crippen molar-refractivity contribution in [1.82, 2.24) is 4.37 Å². The molecule has 0 bridgehead atoms. The molecule has 0 aliphatic heterocycles. The van der Waals surface area contributed by atoms with Gasteiger partial charge in [0.15, 0.2) is 0 Å². The highest BCUT2D eigenvalue weighted by Crippen LogP contribution is 2.37. The number of nitrogens with two attached hydrogens (primary N) is 1. The Balaban J connectivity index is 2.10. The van der Waals surface area contributed by atoms with Crippen LogP contribution in [-0.2, 0) is 10.0 Å². The molecule has 0 spiro atoms. The molecule has 118 valence electrons. The fourth-order valence-corrected chi connectivity index (χ4v) is 3.84. The average Bonchev–Trinajstić information content (AvgIpc) is 2.89. The number of aromatic nitrogens is 1. The number of benzene rings is 2. The van der Waals surface area contributed by atoms with Crippen LogP contribution >= 0.6 is 27.5 Å². The second-order valence-electron chi connectivity index (χ2n) is 5.04. The molecule has 0 unspecified atom stereocenters. The van der Waals surface area contributed by atoms with Gasteiger partial charge in [-0.3, -0.25) is 0 Å². The van der Waals surface area contributed by atoms with Gasteiger partial charge >= 0.3 is 0 Å². The first kappa shape index (κ1) is 16.3. The van der Waals surface area contributed by atoms with E-state index < -0.39 is 10.0 Å². The van der Waals surface area contributed by atoms with Crippen molar-refractivity contribution in [2.75, 3.05) is 0 Å². The lowest BCUT2D eigenvalue weighted by atomic mass is 10.00. The average molecular weight is 409 g/mol. The lowest BCUT2D eigenvalue weighted by molar-refractivity contribution is 0.598. The van der Waals surface area contributed by atoms with Gasteiger partial charge in [0.05, 0.1) is 10.6 Å². The zero-order valence-corrected chi connectivity index (χ0v) is 15.4. The first-order valence-corrected chi connectivity index (χ1v) is 9.83. The Morgan fingerprint density at radius 1 is 1.00 bits per heavy atom. The first-order chi connectivity index (χ1) is 10.9. The van der Waals surface area contributed by atoms with E-state index in [0.29, 0.717) is 0 Å². The highest BCUT2D eigenvalue weighted by atomic mass is 79.9. The summed E-state index contributed by atoms with van der Waals surface area (Å²) in [4.78, 5) is 1.18. The van der Waals surface area contributed by atoms with E-state index in [2.05, 4.69) is 20.3 Å². The van der Waals surface area contributed by atoms with Crippen molar-refractivity contribution in [3.63, 3.8) is 0 Å². The molecule has 4 nitrogen and oxygen atoms in total. The molecule has 2 N–H and O–H groups in total. The summed E-state index contributed by atoms with van der Waals surface area (Å²) in [5.41, 5.74) is 3.84. The Morgan fingerprint density at radius 3 is 2.13 bits per heavy atom. The van der Waals surface area contributed by atoms with Gasteiger partial charge in [0.1, 0.15) is 0 Å². The van der Waals surface area contributed by atoms with E-state index in [9.17, 15) is 8.42 Å². The third kappa shape index (κ3) is 3.37. The van der Waals surface area contributed by atoms with Gasteiger partial charge in [-0.25, -0.2) is 13.6 Å². The SMILES string of the molecule is Cc1snc(-c2ccc(Br)cc2)c1-c1ccc(S(N)(=O)=O)cc1. The molecule has 0 radical (unpaired) electrons. The first-order valence-electron chi connectivity index (χ1n) is 6.72. The molecule has 0 amide bonds. The summed E-state index contributed by atoms with van der Waals surface area (Å²) in [6.07, 6.45) is 0. The molecule has 7 heteroatoms. The van der Waals surface area contributed by atoms with Crippen LogP contribution in [0.4, 0.5) is 0 Å². The van der Waals surface area contributed by atoms with Crippen LogP contribution in [0, 0.1) is 6.92 Å². The summed E-state index contributed by atoms with van der Waals surface area (Å²) in [6.45, 7) is 2.00. The van der Waals surface area contributed by atoms with Crippen molar-refractivity contribution in [2.24, 2.45) is 5.14 Å². The zero-order chi connectivity index (χ0) is 16.6. The predicted octanol–water partition coefficient (Wildman–Crippen LogP) is 4.20. The van der Waals surface area contributed by atoms with Gasteiger partial charge in [0.25, 0.3) is 0 Å². The van der Waals surface area contributed by atoms with Crippen LogP contribution in [0.25, 0.3) is 22.4 Å². The molecule has 1 heterocycles. The van der Waals surface area contributed by atoms with Gasteiger partial charge < -0.3 is 0 Å². The third-order valence-electron chi connectivity index (χ3n) is 3.45. The van der Waals surface area contributed by atoms with E-state index in [1.807, 2.05) is 31.2 Å². The van der Waals surface area contributed by atoms with Crippen LogP contribution in [0.3, 0.4) is 0 Å². The van der Waals surface area contributed by atoms with Crippen molar-refractivity contribution < 1.29 is 8.42 Å². The molecular weight excluding hydrogens is 396 g/mol. The monoisotopic (exact) mass is 408 g/mol. The Morgan fingerprint density at radius 2 is 1.57 bits per heavy atom. The van der Waals surface area contributed by atoms with Crippen LogP contribution in [0.5, 0.6) is 0 Å². The molecule has 0 saturated heterocycles. The van der Waals surface area contributed by atoms with Crippen molar-refractivity contribution in [3.05, 3.63) is 57.9 Å². The van der Waals surface area contributed by atoms with Crippen molar-refractivity contribution in [1.29, 1.82) is 0 Å². The number of halogens is 1. The second-order valence-corrected chi connectivity index (χ2v) is 8.49. The normalized spacial score (nSPS) is 11.6. The maximum absolute atomic E-state index is 11.4. The minimum Gasteiger partial charge on any atom is -0.225 e. The lowest BCUT2D eigenvalue weighted by Gasteiger charge is -2.06. The van der Waals surface area contributed by atoms with Gasteiger partial charge in [0.2, 0.25) is 10.0 Å². The highest BCUT2D eigenvalue weighted by molar-refractivity contribution is 9.10. The van der Waals surface area contributed by atoms with Gasteiger partial charge in [-0.2, -0.15) is 4.37 Å². The number of nitrogens with zero attached hydrogens (tertiary/aromatic N) is 1. The maximum atomic E-state index is 11.4. The molecular formula is C16H13BrN2O2S2. The Kier molecular flexibility index (Phi) is 4.37. The lowest BCUT2D eigenvalue weighted by Crippen LogP contribution is -2.11.